The first-order valence-electron chi connectivity index (χ1n) is 9.84. The Morgan fingerprint density at radius 1 is 1.18 bits per heavy atom. The number of hydrogen-bond acceptors (Lipinski definition) is 4. The number of imidazole rings is 1. The van der Waals surface area contributed by atoms with E-state index in [0.29, 0.717) is 0 Å². The van der Waals surface area contributed by atoms with Crippen LogP contribution in [0.3, 0.4) is 0 Å². The number of carboxylic acid groups (broad SMARTS) is 1. The molecule has 2 unspecified atom stereocenters. The van der Waals surface area contributed by atoms with Crippen molar-refractivity contribution in [1.82, 2.24) is 19.4 Å². The maximum absolute atomic E-state index is 11.4. The van der Waals surface area contributed by atoms with E-state index in [2.05, 4.69) is 20.5 Å². The van der Waals surface area contributed by atoms with Crippen molar-refractivity contribution < 1.29 is 9.90 Å². The number of aromatic nitrogens is 3. The number of rotatable bonds is 6. The Hall–Kier alpha value is -2.73. The van der Waals surface area contributed by atoms with Crippen LogP contribution in [0.1, 0.15) is 24.4 Å². The first-order chi connectivity index (χ1) is 13.6. The highest BCUT2D eigenvalue weighted by molar-refractivity contribution is 5.75. The number of piperidine rings is 1. The van der Waals surface area contributed by atoms with Crippen molar-refractivity contribution in [1.29, 1.82) is 0 Å². The van der Waals surface area contributed by atoms with Crippen LogP contribution in [0, 0.1) is 11.8 Å². The lowest BCUT2D eigenvalue weighted by Crippen LogP contribution is -2.42. The number of aliphatic carboxylic acids is 1. The van der Waals surface area contributed by atoms with Crippen LogP contribution in [0.4, 0.5) is 0 Å². The summed E-state index contributed by atoms with van der Waals surface area (Å²) in [6.45, 7) is 2.59. The highest BCUT2D eigenvalue weighted by atomic mass is 16.4. The van der Waals surface area contributed by atoms with E-state index >= 15 is 0 Å². The van der Waals surface area contributed by atoms with Crippen molar-refractivity contribution in [2.75, 3.05) is 13.1 Å². The smallest absolute Gasteiger partial charge is 0.303 e. The molecule has 1 fully saturated rings. The summed E-state index contributed by atoms with van der Waals surface area (Å²) in [5, 5.41) is 9.38. The van der Waals surface area contributed by atoms with Crippen LogP contribution in [-0.2, 0) is 24.8 Å². The van der Waals surface area contributed by atoms with E-state index in [0.717, 1.165) is 55.0 Å². The molecular weight excluding hydrogens is 352 g/mol. The van der Waals surface area contributed by atoms with Crippen molar-refractivity contribution in [2.24, 2.45) is 18.9 Å². The van der Waals surface area contributed by atoms with E-state index in [9.17, 15) is 9.90 Å². The summed E-state index contributed by atoms with van der Waals surface area (Å²) in [7, 11) is 2.05. The van der Waals surface area contributed by atoms with E-state index in [1.54, 1.807) is 0 Å². The molecule has 1 N–H and O–H groups in total. The van der Waals surface area contributed by atoms with Crippen LogP contribution in [0.25, 0.3) is 11.0 Å². The van der Waals surface area contributed by atoms with Gasteiger partial charge in [-0.25, -0.2) is 4.98 Å². The summed E-state index contributed by atoms with van der Waals surface area (Å²) < 4.78 is 2.14. The molecule has 6 nitrogen and oxygen atoms in total. The van der Waals surface area contributed by atoms with Gasteiger partial charge in [0, 0.05) is 39.2 Å². The molecule has 3 aromatic rings. The Morgan fingerprint density at radius 2 is 2.00 bits per heavy atom. The normalized spacial score (nSPS) is 20.5. The van der Waals surface area contributed by atoms with Gasteiger partial charge in [-0.05, 0) is 49.1 Å². The van der Waals surface area contributed by atoms with Gasteiger partial charge in [0.2, 0.25) is 0 Å². The number of carbonyl (C=O) groups is 1. The number of aryl methyl sites for hydroxylation is 1. The molecule has 0 amide bonds. The molecule has 0 saturated carbocycles. The molecule has 0 aliphatic carbocycles. The molecule has 4 rings (SSSR count). The third-order valence-corrected chi connectivity index (χ3v) is 5.85. The predicted molar refractivity (Wildman–Crippen MR) is 108 cm³/mol. The molecule has 0 radical (unpaired) electrons. The molecule has 28 heavy (non-hydrogen) atoms. The van der Waals surface area contributed by atoms with Gasteiger partial charge in [-0.2, -0.15) is 0 Å². The van der Waals surface area contributed by atoms with E-state index in [-0.39, 0.29) is 18.3 Å². The van der Waals surface area contributed by atoms with Crippen LogP contribution >= 0.6 is 0 Å². The third-order valence-electron chi connectivity index (χ3n) is 5.85. The highest BCUT2D eigenvalue weighted by Gasteiger charge is 2.32. The lowest BCUT2D eigenvalue weighted by molar-refractivity contribution is -0.139. The second-order valence-corrected chi connectivity index (χ2v) is 7.74. The molecule has 2 aromatic heterocycles. The van der Waals surface area contributed by atoms with Gasteiger partial charge in [0.25, 0.3) is 0 Å². The first-order valence-corrected chi connectivity index (χ1v) is 9.84. The van der Waals surface area contributed by atoms with E-state index in [1.807, 2.05) is 49.6 Å². The summed E-state index contributed by atoms with van der Waals surface area (Å²) in [6, 6.07) is 14.1. The van der Waals surface area contributed by atoms with Gasteiger partial charge in [0.05, 0.1) is 16.7 Å². The Labute approximate surface area is 164 Å². The topological polar surface area (TPSA) is 71.2 Å². The van der Waals surface area contributed by atoms with Crippen LogP contribution in [0.2, 0.25) is 0 Å². The largest absolute Gasteiger partial charge is 0.481 e. The summed E-state index contributed by atoms with van der Waals surface area (Å²) in [4.78, 5) is 23.1. The molecule has 6 heteroatoms. The number of fused-ring (bicyclic) bond motifs is 1. The minimum absolute atomic E-state index is 0.178. The minimum atomic E-state index is -0.710. The highest BCUT2D eigenvalue weighted by Crippen LogP contribution is 2.30. The molecule has 0 spiro atoms. The maximum atomic E-state index is 11.4. The zero-order chi connectivity index (χ0) is 19.5. The second kappa shape index (κ2) is 8.10. The van der Waals surface area contributed by atoms with Gasteiger partial charge >= 0.3 is 5.97 Å². The van der Waals surface area contributed by atoms with Gasteiger partial charge in [-0.1, -0.05) is 18.2 Å². The average molecular weight is 378 g/mol. The van der Waals surface area contributed by atoms with E-state index in [4.69, 9.17) is 4.98 Å². The summed E-state index contributed by atoms with van der Waals surface area (Å²) >= 11 is 0. The molecule has 3 heterocycles. The van der Waals surface area contributed by atoms with Gasteiger partial charge in [-0.15, -0.1) is 0 Å². The summed E-state index contributed by atoms with van der Waals surface area (Å²) in [5.41, 5.74) is 3.17. The van der Waals surface area contributed by atoms with Crippen molar-refractivity contribution in [3.63, 3.8) is 0 Å². The monoisotopic (exact) mass is 378 g/mol. The van der Waals surface area contributed by atoms with Gasteiger partial charge < -0.3 is 9.67 Å². The van der Waals surface area contributed by atoms with Gasteiger partial charge in [-0.3, -0.25) is 14.7 Å². The van der Waals surface area contributed by atoms with Crippen molar-refractivity contribution in [2.45, 2.75) is 25.8 Å². The molecule has 2 atom stereocenters. The average Bonchev–Trinajstić information content (AvgIpc) is 3.00. The number of hydrogen-bond donors (Lipinski definition) is 1. The molecule has 1 aliphatic heterocycles. The number of para-hydroxylation sites is 2. The quantitative estimate of drug-likeness (QED) is 0.714. The van der Waals surface area contributed by atoms with Crippen LogP contribution in [-0.4, -0.2) is 43.6 Å². The molecular formula is C22H26N4O2. The van der Waals surface area contributed by atoms with E-state index < -0.39 is 5.97 Å². The lowest BCUT2D eigenvalue weighted by Gasteiger charge is -2.38. The van der Waals surface area contributed by atoms with Gasteiger partial charge in [0.1, 0.15) is 5.82 Å². The Balaban J connectivity index is 1.54. The standard InChI is InChI=1S/C22H26N4O2/c1-25-20-8-3-2-7-19(20)24-21(25)12-17-14-26(11-9-16(17)13-22(27)28)15-18-6-4-5-10-23-18/h2-8,10,16-17H,9,11-15H2,1H3,(H,27,28). The molecule has 1 saturated heterocycles. The number of likely N-dealkylation sites (tertiary alicyclic amines) is 1. The predicted octanol–water partition coefficient (Wildman–Crippen LogP) is 3.12. The van der Waals surface area contributed by atoms with Crippen molar-refractivity contribution >= 4 is 17.0 Å². The first kappa shape index (κ1) is 18.6. The van der Waals surface area contributed by atoms with Crippen LogP contribution in [0.15, 0.2) is 48.7 Å². The van der Waals surface area contributed by atoms with E-state index in [1.165, 1.54) is 0 Å². The number of pyridine rings is 1. The minimum Gasteiger partial charge on any atom is -0.481 e. The lowest BCUT2D eigenvalue weighted by atomic mass is 9.81. The number of nitrogens with zero attached hydrogens (tertiary/aromatic N) is 4. The Bertz CT molecular complexity index is 954. The zero-order valence-electron chi connectivity index (χ0n) is 16.2. The molecule has 146 valence electrons. The van der Waals surface area contributed by atoms with Gasteiger partial charge in [0.15, 0.2) is 0 Å². The second-order valence-electron chi connectivity index (χ2n) is 7.74. The maximum Gasteiger partial charge on any atom is 0.303 e. The molecule has 1 aromatic carbocycles. The Morgan fingerprint density at radius 3 is 2.75 bits per heavy atom. The van der Waals surface area contributed by atoms with Crippen LogP contribution in [0.5, 0.6) is 0 Å². The third kappa shape index (κ3) is 4.07. The summed E-state index contributed by atoms with van der Waals surface area (Å²) in [5.74, 6) is 0.765. The fraction of sp³-hybridized carbons (Fsp3) is 0.409. The van der Waals surface area contributed by atoms with Crippen molar-refractivity contribution in [3.8, 4) is 0 Å². The Kier molecular flexibility index (Phi) is 5.39. The van der Waals surface area contributed by atoms with Crippen LogP contribution < -0.4 is 0 Å². The fourth-order valence-electron chi connectivity index (χ4n) is 4.36. The fourth-order valence-corrected chi connectivity index (χ4v) is 4.36. The number of carboxylic acids is 1. The summed E-state index contributed by atoms with van der Waals surface area (Å²) in [6.07, 6.45) is 3.74. The SMILES string of the molecule is Cn1c(CC2CN(Cc3ccccn3)CCC2CC(=O)O)nc2ccccc21. The number of benzene rings is 1. The van der Waals surface area contributed by atoms with Crippen molar-refractivity contribution in [3.05, 3.63) is 60.2 Å². The zero-order valence-corrected chi connectivity index (χ0v) is 16.2. The molecule has 1 aliphatic rings. The molecule has 0 bridgehead atoms.